The summed E-state index contributed by atoms with van der Waals surface area (Å²) < 4.78 is 15.0. The molecule has 0 aromatic rings. The van der Waals surface area contributed by atoms with Gasteiger partial charge in [-0.1, -0.05) is 6.92 Å². The molecule has 2 unspecified atom stereocenters. The Morgan fingerprint density at radius 2 is 2.30 bits per heavy atom. The summed E-state index contributed by atoms with van der Waals surface area (Å²) in [5, 5.41) is 8.74. The fourth-order valence-corrected chi connectivity index (χ4v) is 1.09. The summed E-state index contributed by atoms with van der Waals surface area (Å²) in [6, 6.07) is 0. The minimum atomic E-state index is -3.63. The first-order chi connectivity index (χ1) is 4.52. The second-order valence-electron chi connectivity index (χ2n) is 1.75. The average molecular weight is 186 g/mol. The lowest BCUT2D eigenvalue weighted by atomic mass is 10.5. The van der Waals surface area contributed by atoms with Crippen LogP contribution in [0.3, 0.4) is 0 Å². The lowest BCUT2D eigenvalue weighted by Gasteiger charge is -2.12. The van der Waals surface area contributed by atoms with Gasteiger partial charge in [0, 0.05) is 0 Å². The van der Waals surface area contributed by atoms with Gasteiger partial charge in [-0.2, -0.15) is 12.6 Å². The van der Waals surface area contributed by atoms with E-state index in [0.29, 0.717) is 6.42 Å². The van der Waals surface area contributed by atoms with Gasteiger partial charge in [-0.05, 0) is 6.42 Å². The van der Waals surface area contributed by atoms with Crippen molar-refractivity contribution in [3.05, 3.63) is 0 Å². The van der Waals surface area contributed by atoms with Gasteiger partial charge in [0.1, 0.15) is 0 Å². The predicted octanol–water partition coefficient (Wildman–Crippen LogP) is 0.804. The minimum absolute atomic E-state index is 0.274. The van der Waals surface area contributed by atoms with Gasteiger partial charge < -0.3 is 10.00 Å². The summed E-state index contributed by atoms with van der Waals surface area (Å²) in [5.74, 6) is 0. The Morgan fingerprint density at radius 1 is 1.80 bits per heavy atom. The van der Waals surface area contributed by atoms with Crippen LogP contribution in [0.5, 0.6) is 0 Å². The van der Waals surface area contributed by atoms with Gasteiger partial charge in [0.2, 0.25) is 0 Å². The number of aliphatic hydroxyl groups excluding tert-OH is 1. The van der Waals surface area contributed by atoms with Crippen molar-refractivity contribution in [3.63, 3.8) is 0 Å². The Balaban J connectivity index is 3.77. The molecule has 6 heteroatoms. The van der Waals surface area contributed by atoms with E-state index in [4.69, 9.17) is 10.00 Å². The molecule has 0 heterocycles. The second kappa shape index (κ2) is 4.36. The molecule has 0 saturated heterocycles. The van der Waals surface area contributed by atoms with Crippen LogP contribution in [-0.4, -0.2) is 21.8 Å². The minimum Gasteiger partial charge on any atom is -0.368 e. The van der Waals surface area contributed by atoms with Crippen molar-refractivity contribution < 1.29 is 19.1 Å². The molecule has 0 aromatic carbocycles. The van der Waals surface area contributed by atoms with Crippen LogP contribution in [0.4, 0.5) is 0 Å². The van der Waals surface area contributed by atoms with E-state index in [1.807, 2.05) is 0 Å². The number of aliphatic hydroxyl groups is 1. The zero-order valence-electron chi connectivity index (χ0n) is 5.60. The first-order valence-electron chi connectivity index (χ1n) is 2.81. The van der Waals surface area contributed by atoms with Gasteiger partial charge in [0.25, 0.3) is 0 Å². The maximum Gasteiger partial charge on any atom is 0.339 e. The van der Waals surface area contributed by atoms with Crippen molar-refractivity contribution in [3.8, 4) is 0 Å². The Kier molecular flexibility index (Phi) is 4.56. The quantitative estimate of drug-likeness (QED) is 0.345. The molecule has 0 aliphatic carbocycles. The van der Waals surface area contributed by atoms with Crippen LogP contribution >= 0.6 is 20.2 Å². The Labute approximate surface area is 65.2 Å². The Bertz CT molecular complexity index is 139. The van der Waals surface area contributed by atoms with Crippen LogP contribution in [0.2, 0.25) is 0 Å². The molecule has 0 fully saturated rings. The molecule has 0 spiro atoms. The van der Waals surface area contributed by atoms with Crippen molar-refractivity contribution in [2.24, 2.45) is 0 Å². The van der Waals surface area contributed by atoms with E-state index >= 15 is 0 Å². The third kappa shape index (κ3) is 4.30. The van der Waals surface area contributed by atoms with Crippen LogP contribution in [-0.2, 0) is 9.09 Å². The molecule has 0 amide bonds. The zero-order chi connectivity index (χ0) is 8.20. The highest BCUT2D eigenvalue weighted by molar-refractivity contribution is 7.88. The topological polar surface area (TPSA) is 66.8 Å². The normalized spacial score (nSPS) is 20.0. The van der Waals surface area contributed by atoms with E-state index in [9.17, 15) is 4.57 Å². The first kappa shape index (κ1) is 10.5. The summed E-state index contributed by atoms with van der Waals surface area (Å²) in [4.78, 5) is 8.72. The molecule has 4 nitrogen and oxygen atoms in total. The maximum absolute atomic E-state index is 10.6. The highest BCUT2D eigenvalue weighted by Gasteiger charge is 2.20. The molecular weight excluding hydrogens is 175 g/mol. The number of hydrogen-bond donors (Lipinski definition) is 3. The summed E-state index contributed by atoms with van der Waals surface area (Å²) in [6.07, 6.45) is -0.874. The first-order valence-corrected chi connectivity index (χ1v) is 5.20. The van der Waals surface area contributed by atoms with E-state index in [1.165, 1.54) is 0 Å². The van der Waals surface area contributed by atoms with E-state index < -0.39 is 13.9 Å². The maximum atomic E-state index is 10.6. The second-order valence-corrected chi connectivity index (χ2v) is 4.36. The predicted molar refractivity (Wildman–Crippen MR) is 41.1 cm³/mol. The summed E-state index contributed by atoms with van der Waals surface area (Å²) in [5.41, 5.74) is -0.274. The Morgan fingerprint density at radius 3 is 2.60 bits per heavy atom. The largest absolute Gasteiger partial charge is 0.368 e. The smallest absolute Gasteiger partial charge is 0.339 e. The number of thiol groups is 1. The molecule has 10 heavy (non-hydrogen) atoms. The van der Waals surface area contributed by atoms with Gasteiger partial charge >= 0.3 is 7.60 Å². The van der Waals surface area contributed by atoms with E-state index in [-0.39, 0.29) is 5.49 Å². The van der Waals surface area contributed by atoms with Crippen LogP contribution in [0.25, 0.3) is 0 Å². The van der Waals surface area contributed by atoms with Gasteiger partial charge in [0.05, 0.1) is 5.49 Å². The van der Waals surface area contributed by atoms with E-state index in [0.717, 1.165) is 0 Å². The zero-order valence-corrected chi connectivity index (χ0v) is 7.39. The molecule has 0 saturated carbocycles. The fraction of sp³-hybridized carbons (Fsp3) is 1.00. The van der Waals surface area contributed by atoms with Gasteiger partial charge in [-0.15, -0.1) is 0 Å². The summed E-state index contributed by atoms with van der Waals surface area (Å²) >= 11 is 3.57. The lowest BCUT2D eigenvalue weighted by molar-refractivity contribution is -0.0251. The highest BCUT2D eigenvalue weighted by Crippen LogP contribution is 2.43. The van der Waals surface area contributed by atoms with Gasteiger partial charge in [0.15, 0.2) is 6.29 Å². The Hall–Kier alpha value is 0.460. The van der Waals surface area contributed by atoms with Crippen molar-refractivity contribution in [2.75, 3.05) is 5.49 Å². The van der Waals surface area contributed by atoms with Crippen LogP contribution < -0.4 is 0 Å². The molecule has 0 aliphatic heterocycles. The van der Waals surface area contributed by atoms with Crippen molar-refractivity contribution >= 4 is 20.2 Å². The van der Waals surface area contributed by atoms with Crippen molar-refractivity contribution in [1.82, 2.24) is 0 Å². The number of hydrogen-bond acceptors (Lipinski definition) is 4. The molecule has 0 aromatic heterocycles. The van der Waals surface area contributed by atoms with E-state index in [1.54, 1.807) is 6.92 Å². The SMILES string of the molecule is CCC(O)OP(=O)(O)CS. The van der Waals surface area contributed by atoms with Crippen LogP contribution in [0, 0.1) is 0 Å². The van der Waals surface area contributed by atoms with Gasteiger partial charge in [-0.3, -0.25) is 9.09 Å². The van der Waals surface area contributed by atoms with Crippen molar-refractivity contribution in [1.29, 1.82) is 0 Å². The number of rotatable bonds is 4. The lowest BCUT2D eigenvalue weighted by Crippen LogP contribution is -2.08. The molecule has 62 valence electrons. The molecule has 0 bridgehead atoms. The van der Waals surface area contributed by atoms with Crippen molar-refractivity contribution in [2.45, 2.75) is 19.6 Å². The standard InChI is InChI=1S/C4H11O4PS/c1-2-4(5)8-9(6,7)3-10/h4-5,10H,2-3H2,1H3,(H,6,7). The average Bonchev–Trinajstić information content (AvgIpc) is 1.87. The third-order valence-electron chi connectivity index (χ3n) is 0.814. The van der Waals surface area contributed by atoms with Crippen LogP contribution in [0.1, 0.15) is 13.3 Å². The fourth-order valence-electron chi connectivity index (χ4n) is 0.298. The molecular formula is C4H11O4PS. The molecule has 0 aliphatic rings. The summed E-state index contributed by atoms with van der Waals surface area (Å²) in [7, 11) is -3.63. The third-order valence-corrected chi connectivity index (χ3v) is 2.82. The highest BCUT2D eigenvalue weighted by atomic mass is 32.1. The molecule has 0 rings (SSSR count). The summed E-state index contributed by atoms with van der Waals surface area (Å²) in [6.45, 7) is 1.64. The van der Waals surface area contributed by atoms with Gasteiger partial charge in [-0.25, -0.2) is 0 Å². The molecule has 0 radical (unpaired) electrons. The van der Waals surface area contributed by atoms with E-state index in [2.05, 4.69) is 17.2 Å². The molecule has 2 atom stereocenters. The monoisotopic (exact) mass is 186 g/mol. The molecule has 2 N–H and O–H groups in total. The van der Waals surface area contributed by atoms with Crippen LogP contribution in [0.15, 0.2) is 0 Å².